The molecule has 0 fully saturated rings. The Balaban J connectivity index is 1.17. The van der Waals surface area contributed by atoms with Gasteiger partial charge in [0.15, 0.2) is 0 Å². The second-order valence-corrected chi connectivity index (χ2v) is 12.1. The Hall–Kier alpha value is -3.30. The predicted molar refractivity (Wildman–Crippen MR) is 157 cm³/mol. The topological polar surface area (TPSA) is 6.48 Å². The first kappa shape index (κ1) is 21.8. The number of thiophene rings is 1. The zero-order chi connectivity index (χ0) is 24.3. The molecule has 0 saturated heterocycles. The molecular weight excluding hydrogens is 468 g/mol. The molecule has 3 aromatic rings. The van der Waals surface area contributed by atoms with Gasteiger partial charge in [-0.2, -0.15) is 0 Å². The summed E-state index contributed by atoms with van der Waals surface area (Å²) in [6, 6.07) is 16.4. The molecule has 3 heteroatoms. The van der Waals surface area contributed by atoms with Crippen molar-refractivity contribution in [2.24, 2.45) is 0 Å². The molecule has 0 amide bonds. The average Bonchev–Trinajstić information content (AvgIpc) is 3.60. The van der Waals surface area contributed by atoms with E-state index in [0.717, 1.165) is 19.4 Å². The molecule has 2 unspecified atom stereocenters. The number of benzene rings is 2. The molecule has 2 atom stereocenters. The van der Waals surface area contributed by atoms with E-state index in [1.807, 2.05) is 11.3 Å². The summed E-state index contributed by atoms with van der Waals surface area (Å²) in [6.07, 6.45) is 25.4. The number of anilines is 2. The molecule has 0 spiro atoms. The van der Waals surface area contributed by atoms with Crippen LogP contribution in [0.5, 0.6) is 0 Å². The van der Waals surface area contributed by atoms with E-state index in [1.54, 1.807) is 10.4 Å². The molecule has 0 saturated carbocycles. The number of rotatable bonds is 3. The highest BCUT2D eigenvalue weighted by Crippen LogP contribution is 2.57. The minimum atomic E-state index is 0.291. The maximum Gasteiger partial charge on any atom is 0.134 e. The van der Waals surface area contributed by atoms with E-state index in [1.165, 1.54) is 76.0 Å². The van der Waals surface area contributed by atoms with Gasteiger partial charge in [0.25, 0.3) is 0 Å². The molecule has 3 aliphatic carbocycles. The fraction of sp³-hybridized carbons (Fsp3) is 0.294. The van der Waals surface area contributed by atoms with Crippen molar-refractivity contribution in [1.29, 1.82) is 0 Å². The Morgan fingerprint density at radius 1 is 0.838 bits per heavy atom. The summed E-state index contributed by atoms with van der Waals surface area (Å²) < 4.78 is 1.44. The summed E-state index contributed by atoms with van der Waals surface area (Å²) >= 11 is 2.01. The lowest BCUT2D eigenvalue weighted by atomic mass is 9.86. The third-order valence-electron chi connectivity index (χ3n) is 8.82. The number of allylic oxidation sites excluding steroid dienone is 10. The molecule has 184 valence electrons. The van der Waals surface area contributed by atoms with Crippen molar-refractivity contribution in [1.82, 2.24) is 0 Å². The molecule has 8 rings (SSSR count). The Labute approximate surface area is 223 Å². The van der Waals surface area contributed by atoms with Crippen LogP contribution in [0, 0.1) is 0 Å². The second kappa shape index (κ2) is 8.63. The molecule has 2 aromatic carbocycles. The maximum absolute atomic E-state index is 2.68. The van der Waals surface area contributed by atoms with E-state index in [9.17, 15) is 0 Å². The van der Waals surface area contributed by atoms with Gasteiger partial charge in [-0.15, -0.1) is 11.3 Å². The van der Waals surface area contributed by atoms with Crippen molar-refractivity contribution >= 4 is 32.8 Å². The summed E-state index contributed by atoms with van der Waals surface area (Å²) in [5.41, 5.74) is 10.1. The van der Waals surface area contributed by atoms with Crippen LogP contribution >= 0.6 is 11.3 Å². The third-order valence-corrected chi connectivity index (χ3v) is 9.99. The van der Waals surface area contributed by atoms with Crippen LogP contribution in [0.4, 0.5) is 11.4 Å². The van der Waals surface area contributed by atoms with E-state index in [2.05, 4.69) is 94.8 Å². The quantitative estimate of drug-likeness (QED) is 0.353. The van der Waals surface area contributed by atoms with E-state index in [0.29, 0.717) is 12.1 Å². The minimum absolute atomic E-state index is 0.291. The van der Waals surface area contributed by atoms with Crippen LogP contribution in [0.1, 0.15) is 73.0 Å². The smallest absolute Gasteiger partial charge is 0.134 e. The van der Waals surface area contributed by atoms with Crippen LogP contribution in [0.15, 0.2) is 102 Å². The van der Waals surface area contributed by atoms with Gasteiger partial charge in [-0.1, -0.05) is 60.7 Å². The van der Waals surface area contributed by atoms with Gasteiger partial charge < -0.3 is 9.80 Å². The van der Waals surface area contributed by atoms with Crippen molar-refractivity contribution < 1.29 is 0 Å². The lowest BCUT2D eigenvalue weighted by Gasteiger charge is -2.32. The number of fused-ring (bicyclic) bond motifs is 7. The van der Waals surface area contributed by atoms with Gasteiger partial charge in [-0.05, 0) is 85.9 Å². The summed E-state index contributed by atoms with van der Waals surface area (Å²) in [4.78, 5) is 6.88. The number of hydrogen-bond acceptors (Lipinski definition) is 3. The Morgan fingerprint density at radius 3 is 2.57 bits per heavy atom. The number of hydrogen-bond donors (Lipinski definition) is 0. The maximum atomic E-state index is 2.68. The molecule has 37 heavy (non-hydrogen) atoms. The summed E-state index contributed by atoms with van der Waals surface area (Å²) in [7, 11) is 0. The van der Waals surface area contributed by atoms with Crippen LogP contribution in [0.25, 0.3) is 10.1 Å². The lowest BCUT2D eigenvalue weighted by molar-refractivity contribution is 0.628. The Morgan fingerprint density at radius 2 is 1.76 bits per heavy atom. The van der Waals surface area contributed by atoms with Gasteiger partial charge in [0.1, 0.15) is 6.17 Å². The largest absolute Gasteiger partial charge is 0.340 e. The van der Waals surface area contributed by atoms with Crippen molar-refractivity contribution in [3.8, 4) is 0 Å². The molecule has 5 aliphatic rings. The molecule has 1 aromatic heterocycles. The van der Waals surface area contributed by atoms with Gasteiger partial charge in [0.2, 0.25) is 0 Å². The average molecular weight is 501 g/mol. The molecule has 0 bridgehead atoms. The highest BCUT2D eigenvalue weighted by atomic mass is 32.1. The first-order chi connectivity index (χ1) is 18.3. The van der Waals surface area contributed by atoms with Gasteiger partial charge in [0, 0.05) is 32.1 Å². The van der Waals surface area contributed by atoms with Gasteiger partial charge in [-0.3, -0.25) is 0 Å². The Kier molecular flexibility index (Phi) is 5.07. The fourth-order valence-electron chi connectivity index (χ4n) is 7.00. The first-order valence-corrected chi connectivity index (χ1v) is 14.8. The van der Waals surface area contributed by atoms with E-state index in [-0.39, 0.29) is 0 Å². The molecule has 0 N–H and O–H groups in total. The van der Waals surface area contributed by atoms with Gasteiger partial charge in [0.05, 0.1) is 17.9 Å². The fourth-order valence-corrected chi connectivity index (χ4v) is 8.21. The summed E-state index contributed by atoms with van der Waals surface area (Å²) in [5, 5.41) is 1.47. The summed E-state index contributed by atoms with van der Waals surface area (Å²) in [5.74, 6) is 0.451. The molecule has 2 nitrogen and oxygen atoms in total. The summed E-state index contributed by atoms with van der Waals surface area (Å²) in [6.45, 7) is 1.02. The van der Waals surface area contributed by atoms with Crippen molar-refractivity contribution in [2.75, 3.05) is 9.80 Å². The third kappa shape index (κ3) is 3.44. The highest BCUT2D eigenvalue weighted by molar-refractivity contribution is 7.19. The highest BCUT2D eigenvalue weighted by Gasteiger charge is 2.45. The second-order valence-electron chi connectivity index (χ2n) is 11.0. The lowest BCUT2D eigenvalue weighted by Crippen LogP contribution is -2.31. The van der Waals surface area contributed by atoms with Crippen molar-refractivity contribution in [2.45, 2.75) is 63.6 Å². The van der Waals surface area contributed by atoms with Crippen LogP contribution in [0.3, 0.4) is 0 Å². The van der Waals surface area contributed by atoms with Crippen LogP contribution in [0.2, 0.25) is 0 Å². The van der Waals surface area contributed by atoms with E-state index >= 15 is 0 Å². The van der Waals surface area contributed by atoms with E-state index < -0.39 is 0 Å². The van der Waals surface area contributed by atoms with Crippen LogP contribution in [-0.4, -0.2) is 0 Å². The molecule has 0 radical (unpaired) electrons. The molecular formula is C34H32N2S. The number of para-hydroxylation sites is 2. The van der Waals surface area contributed by atoms with Crippen LogP contribution < -0.4 is 9.80 Å². The molecule has 3 heterocycles. The minimum Gasteiger partial charge on any atom is -0.340 e. The first-order valence-electron chi connectivity index (χ1n) is 14.0. The van der Waals surface area contributed by atoms with Gasteiger partial charge >= 0.3 is 0 Å². The zero-order valence-corrected chi connectivity index (χ0v) is 22.0. The van der Waals surface area contributed by atoms with E-state index in [4.69, 9.17) is 0 Å². The van der Waals surface area contributed by atoms with Gasteiger partial charge in [-0.25, -0.2) is 0 Å². The normalized spacial score (nSPS) is 24.1. The zero-order valence-electron chi connectivity index (χ0n) is 21.2. The van der Waals surface area contributed by atoms with Crippen molar-refractivity contribution in [3.63, 3.8) is 0 Å². The monoisotopic (exact) mass is 500 g/mol. The molecule has 2 aliphatic heterocycles. The van der Waals surface area contributed by atoms with Crippen LogP contribution in [-0.2, 0) is 6.54 Å². The predicted octanol–water partition coefficient (Wildman–Crippen LogP) is 9.44. The van der Waals surface area contributed by atoms with Crippen molar-refractivity contribution in [3.05, 3.63) is 118 Å². The SMILES string of the molecule is C1=CC(C2=CCC(c3ccc4sc5c(c4c3)C3N(C5)c4ccccc4N3C3=CCCCC3)C=C2)=CCC1. The Bertz CT molecular complexity index is 1560. The standard InChI is InChI=1S/C34H32N2S/c1-3-9-23(10-4-1)24-15-17-25(18-16-24)26-19-20-31-28(21-26)33-32(37-31)22-35-29-13-7-8-14-30(29)36(34(33)35)27-11-5-2-6-12-27/h3,7-11,13-17,19-21,25,34H,1-2,4-6,12,18,22H2. The number of nitrogens with zero attached hydrogens (tertiary/aromatic N) is 2.